The van der Waals surface area contributed by atoms with Crippen LogP contribution < -0.4 is 10.1 Å². The predicted octanol–water partition coefficient (Wildman–Crippen LogP) is 1.90. The van der Waals surface area contributed by atoms with E-state index in [-0.39, 0.29) is 29.9 Å². The Balaban J connectivity index is 1.31. The van der Waals surface area contributed by atoms with Crippen LogP contribution in [0.15, 0.2) is 30.3 Å². The molecule has 3 aliphatic heterocycles. The van der Waals surface area contributed by atoms with E-state index in [0.29, 0.717) is 24.8 Å². The largest absolute Gasteiger partial charge is 0.484 e. The summed E-state index contributed by atoms with van der Waals surface area (Å²) in [4.78, 5) is 29.5. The number of nitrogens with zero attached hydrogens (tertiary/aromatic N) is 2. The van der Waals surface area contributed by atoms with Crippen molar-refractivity contribution >= 4 is 11.8 Å². The minimum atomic E-state index is -0.125. The summed E-state index contributed by atoms with van der Waals surface area (Å²) in [7, 11) is 0. The summed E-state index contributed by atoms with van der Waals surface area (Å²) in [6.07, 6.45) is 4.07. The SMILES string of the molecule is CCCCN1C[C@H]2C(=O)NC3(CCN(C(=O)COc4ccccc4)CC3)[C@H]2C1. The Morgan fingerprint density at radius 2 is 1.96 bits per heavy atom. The Bertz CT molecular complexity index is 700. The van der Waals surface area contributed by atoms with E-state index in [4.69, 9.17) is 4.74 Å². The molecule has 3 fully saturated rings. The molecule has 2 amide bonds. The number of likely N-dealkylation sites (tertiary alicyclic amines) is 2. The molecule has 28 heavy (non-hydrogen) atoms. The van der Waals surface area contributed by atoms with Crippen LogP contribution in [0, 0.1) is 11.8 Å². The molecule has 6 nitrogen and oxygen atoms in total. The van der Waals surface area contributed by atoms with Crippen LogP contribution in [0.3, 0.4) is 0 Å². The van der Waals surface area contributed by atoms with E-state index in [1.54, 1.807) is 0 Å². The lowest BCUT2D eigenvalue weighted by Crippen LogP contribution is -2.56. The molecule has 152 valence electrons. The van der Waals surface area contributed by atoms with Gasteiger partial charge in [0.1, 0.15) is 5.75 Å². The third kappa shape index (κ3) is 3.75. The zero-order valence-electron chi connectivity index (χ0n) is 16.7. The maximum Gasteiger partial charge on any atom is 0.260 e. The van der Waals surface area contributed by atoms with Crippen molar-refractivity contribution in [2.45, 2.75) is 38.1 Å². The fraction of sp³-hybridized carbons (Fsp3) is 0.636. The predicted molar refractivity (Wildman–Crippen MR) is 107 cm³/mol. The van der Waals surface area contributed by atoms with Gasteiger partial charge in [0.2, 0.25) is 5.91 Å². The molecule has 1 aromatic rings. The first-order valence-corrected chi connectivity index (χ1v) is 10.6. The van der Waals surface area contributed by atoms with E-state index in [1.165, 1.54) is 12.8 Å². The highest BCUT2D eigenvalue weighted by Gasteiger charge is 2.57. The number of hydrogen-bond donors (Lipinski definition) is 1. The minimum absolute atomic E-state index is 0.0237. The second kappa shape index (κ2) is 8.11. The van der Waals surface area contributed by atoms with Crippen LogP contribution in [-0.2, 0) is 9.59 Å². The molecule has 1 spiro atoms. The number of piperidine rings is 1. The zero-order chi connectivity index (χ0) is 19.6. The summed E-state index contributed by atoms with van der Waals surface area (Å²) in [5.41, 5.74) is -0.125. The number of para-hydroxylation sites is 1. The molecule has 0 radical (unpaired) electrons. The van der Waals surface area contributed by atoms with Gasteiger partial charge in [-0.3, -0.25) is 9.59 Å². The number of ether oxygens (including phenoxy) is 1. The van der Waals surface area contributed by atoms with E-state index in [0.717, 1.165) is 32.5 Å². The summed E-state index contributed by atoms with van der Waals surface area (Å²) >= 11 is 0. The van der Waals surface area contributed by atoms with Crippen LogP contribution >= 0.6 is 0 Å². The molecule has 1 N–H and O–H groups in total. The molecule has 0 saturated carbocycles. The van der Waals surface area contributed by atoms with Gasteiger partial charge in [-0.15, -0.1) is 0 Å². The molecule has 3 heterocycles. The Hall–Kier alpha value is -2.08. The summed E-state index contributed by atoms with van der Waals surface area (Å²) in [6, 6.07) is 9.44. The summed E-state index contributed by atoms with van der Waals surface area (Å²) in [6.45, 7) is 6.65. The van der Waals surface area contributed by atoms with E-state index in [2.05, 4.69) is 17.1 Å². The molecule has 4 rings (SSSR count). The number of rotatable bonds is 6. The van der Waals surface area contributed by atoms with Gasteiger partial charge in [-0.05, 0) is 37.9 Å². The van der Waals surface area contributed by atoms with Crippen molar-refractivity contribution in [3.63, 3.8) is 0 Å². The van der Waals surface area contributed by atoms with E-state index in [1.807, 2.05) is 35.2 Å². The second-order valence-corrected chi connectivity index (χ2v) is 8.45. The van der Waals surface area contributed by atoms with Crippen LogP contribution in [0.1, 0.15) is 32.6 Å². The van der Waals surface area contributed by atoms with Gasteiger partial charge in [0.15, 0.2) is 6.61 Å². The third-order valence-corrected chi connectivity index (χ3v) is 6.76. The maximum absolute atomic E-state index is 12.6. The first-order valence-electron chi connectivity index (χ1n) is 10.6. The Labute approximate surface area is 167 Å². The molecular formula is C22H31N3O3. The maximum atomic E-state index is 12.6. The Morgan fingerprint density at radius 1 is 1.21 bits per heavy atom. The average Bonchev–Trinajstić information content (AvgIpc) is 3.26. The van der Waals surface area contributed by atoms with Gasteiger partial charge in [0.05, 0.1) is 5.92 Å². The lowest BCUT2D eigenvalue weighted by molar-refractivity contribution is -0.135. The smallest absolute Gasteiger partial charge is 0.260 e. The zero-order valence-corrected chi connectivity index (χ0v) is 16.7. The molecule has 0 bridgehead atoms. The first kappa shape index (κ1) is 19.2. The molecule has 1 aromatic carbocycles. The monoisotopic (exact) mass is 385 g/mol. The van der Waals surface area contributed by atoms with Crippen molar-refractivity contribution < 1.29 is 14.3 Å². The number of benzene rings is 1. The Kier molecular flexibility index (Phi) is 5.58. The van der Waals surface area contributed by atoms with Crippen molar-refractivity contribution in [1.82, 2.24) is 15.1 Å². The van der Waals surface area contributed by atoms with Crippen molar-refractivity contribution in [2.75, 3.05) is 39.3 Å². The fourth-order valence-corrected chi connectivity index (χ4v) is 5.11. The first-order chi connectivity index (χ1) is 13.6. The number of carbonyl (C=O) groups excluding carboxylic acids is 2. The van der Waals surface area contributed by atoms with Gasteiger partial charge in [-0.25, -0.2) is 0 Å². The Morgan fingerprint density at radius 3 is 2.68 bits per heavy atom. The van der Waals surface area contributed by atoms with E-state index >= 15 is 0 Å². The molecule has 6 heteroatoms. The number of nitrogens with one attached hydrogen (secondary N) is 1. The van der Waals surface area contributed by atoms with Crippen LogP contribution in [-0.4, -0.2) is 66.5 Å². The van der Waals surface area contributed by atoms with E-state index in [9.17, 15) is 9.59 Å². The number of unbranched alkanes of at least 4 members (excludes halogenated alkanes) is 1. The molecule has 0 aromatic heterocycles. The van der Waals surface area contributed by atoms with E-state index < -0.39 is 0 Å². The van der Waals surface area contributed by atoms with Gasteiger partial charge in [0, 0.05) is 37.6 Å². The molecule has 3 saturated heterocycles. The van der Waals surface area contributed by atoms with Gasteiger partial charge < -0.3 is 19.9 Å². The van der Waals surface area contributed by atoms with Crippen LogP contribution in [0.5, 0.6) is 5.75 Å². The average molecular weight is 386 g/mol. The second-order valence-electron chi connectivity index (χ2n) is 8.45. The number of hydrogen-bond acceptors (Lipinski definition) is 4. The molecule has 3 aliphatic rings. The van der Waals surface area contributed by atoms with Crippen LogP contribution in [0.4, 0.5) is 0 Å². The standard InChI is InChI=1S/C22H31N3O3/c1-2-3-11-24-14-18-19(15-24)22(23-21(18)27)9-12-25(13-10-22)20(26)16-28-17-7-5-4-6-8-17/h4-8,18-19H,2-3,9-16H2,1H3,(H,23,27)/t18-,19+/m1/s1. The summed E-state index contributed by atoms with van der Waals surface area (Å²) in [5.74, 6) is 1.47. The van der Waals surface area contributed by atoms with Crippen LogP contribution in [0.2, 0.25) is 0 Å². The normalized spacial score (nSPS) is 26.3. The topological polar surface area (TPSA) is 61.9 Å². The highest BCUT2D eigenvalue weighted by atomic mass is 16.5. The number of fused-ring (bicyclic) bond motifs is 2. The quantitative estimate of drug-likeness (QED) is 0.813. The summed E-state index contributed by atoms with van der Waals surface area (Å²) < 4.78 is 5.61. The lowest BCUT2D eigenvalue weighted by Gasteiger charge is -2.42. The van der Waals surface area contributed by atoms with Crippen molar-refractivity contribution in [2.24, 2.45) is 11.8 Å². The highest BCUT2D eigenvalue weighted by Crippen LogP contribution is 2.44. The molecule has 2 atom stereocenters. The van der Waals surface area contributed by atoms with Gasteiger partial charge >= 0.3 is 0 Å². The third-order valence-electron chi connectivity index (χ3n) is 6.76. The number of carbonyl (C=O) groups is 2. The van der Waals surface area contributed by atoms with Gasteiger partial charge in [-0.2, -0.15) is 0 Å². The number of amides is 2. The molecule has 0 unspecified atom stereocenters. The van der Waals surface area contributed by atoms with Crippen molar-refractivity contribution in [3.8, 4) is 5.75 Å². The fourth-order valence-electron chi connectivity index (χ4n) is 5.11. The molecular weight excluding hydrogens is 354 g/mol. The highest BCUT2D eigenvalue weighted by molar-refractivity contribution is 5.84. The van der Waals surface area contributed by atoms with Gasteiger partial charge in [0.25, 0.3) is 5.91 Å². The lowest BCUT2D eigenvalue weighted by atomic mass is 9.75. The van der Waals surface area contributed by atoms with Crippen molar-refractivity contribution in [1.29, 1.82) is 0 Å². The van der Waals surface area contributed by atoms with Gasteiger partial charge in [-0.1, -0.05) is 31.5 Å². The van der Waals surface area contributed by atoms with Crippen LogP contribution in [0.25, 0.3) is 0 Å². The van der Waals surface area contributed by atoms with Crippen molar-refractivity contribution in [3.05, 3.63) is 30.3 Å². The summed E-state index contributed by atoms with van der Waals surface area (Å²) in [5, 5.41) is 3.33. The molecule has 0 aliphatic carbocycles. The minimum Gasteiger partial charge on any atom is -0.484 e.